The summed E-state index contributed by atoms with van der Waals surface area (Å²) in [5.41, 5.74) is 0. The first-order valence-electron chi connectivity index (χ1n) is 30.7. The maximum absolute atomic E-state index is 13.0. The number of carbonyl (C=O) groups is 1. The number of nitrogens with zero attached hydrogens (tertiary/aromatic N) is 1. The number of quaternary nitrogens is 1. The Labute approximate surface area is 452 Å². The second-order valence-electron chi connectivity index (χ2n) is 22.2. The second kappa shape index (κ2) is 53.6. The van der Waals surface area contributed by atoms with Gasteiger partial charge in [-0.3, -0.25) is 9.36 Å². The summed E-state index contributed by atoms with van der Waals surface area (Å²) in [4.78, 5) is 25.5. The number of amides is 1. The van der Waals surface area contributed by atoms with E-state index in [-0.39, 0.29) is 18.9 Å². The molecule has 1 amide bonds. The molecule has 0 radical (unpaired) electrons. The number of phosphoric ester groups is 1. The van der Waals surface area contributed by atoms with Crippen molar-refractivity contribution in [3.8, 4) is 0 Å². The van der Waals surface area contributed by atoms with E-state index >= 15 is 0 Å². The molecule has 0 bridgehead atoms. The van der Waals surface area contributed by atoms with E-state index in [1.165, 1.54) is 180 Å². The van der Waals surface area contributed by atoms with Gasteiger partial charge in [0.2, 0.25) is 5.91 Å². The summed E-state index contributed by atoms with van der Waals surface area (Å²) >= 11 is 0. The Morgan fingerprint density at radius 3 is 1.32 bits per heavy atom. The van der Waals surface area contributed by atoms with Crippen molar-refractivity contribution in [2.75, 3.05) is 40.9 Å². The summed E-state index contributed by atoms with van der Waals surface area (Å²) in [7, 11) is 1.10. The van der Waals surface area contributed by atoms with Crippen molar-refractivity contribution in [2.24, 2.45) is 0 Å². The Balaban J connectivity index is 3.98. The molecular formula is C63H119N2O7P. The van der Waals surface area contributed by atoms with Gasteiger partial charge in [0.15, 0.2) is 0 Å². The predicted molar refractivity (Wildman–Crippen MR) is 313 cm³/mol. The van der Waals surface area contributed by atoms with E-state index in [2.05, 4.69) is 73.0 Å². The highest BCUT2D eigenvalue weighted by atomic mass is 31.2. The molecule has 0 aromatic carbocycles. The highest BCUT2D eigenvalue weighted by Gasteiger charge is 2.29. The monoisotopic (exact) mass is 1050 g/mol. The first-order chi connectivity index (χ1) is 35.4. The number of rotatable bonds is 56. The van der Waals surface area contributed by atoms with Crippen molar-refractivity contribution in [1.82, 2.24) is 5.32 Å². The zero-order valence-electron chi connectivity index (χ0n) is 48.4. The van der Waals surface area contributed by atoms with Crippen molar-refractivity contribution < 1.29 is 38.0 Å². The van der Waals surface area contributed by atoms with Crippen molar-refractivity contribution >= 4 is 13.7 Å². The van der Waals surface area contributed by atoms with E-state index in [0.29, 0.717) is 30.3 Å². The Hall–Kier alpha value is -1.84. The van der Waals surface area contributed by atoms with Crippen LogP contribution in [0, 0.1) is 0 Å². The van der Waals surface area contributed by atoms with E-state index in [0.717, 1.165) is 57.8 Å². The zero-order chi connectivity index (χ0) is 53.6. The quantitative estimate of drug-likeness (QED) is 0.0240. The molecule has 0 aromatic heterocycles. The van der Waals surface area contributed by atoms with Gasteiger partial charge in [-0.25, -0.2) is 0 Å². The maximum Gasteiger partial charge on any atom is 0.268 e. The molecule has 0 heterocycles. The van der Waals surface area contributed by atoms with Gasteiger partial charge in [0.1, 0.15) is 19.3 Å². The highest BCUT2D eigenvalue weighted by molar-refractivity contribution is 7.45. The van der Waals surface area contributed by atoms with Gasteiger partial charge in [-0.15, -0.1) is 0 Å². The molecule has 73 heavy (non-hydrogen) atoms. The lowest BCUT2D eigenvalue weighted by molar-refractivity contribution is -0.870. The standard InChI is InChI=1S/C63H119N2O7P/c1-6-8-10-12-14-16-18-20-21-22-23-24-25-26-27-28-29-30-31-32-33-34-35-36-37-38-39-40-41-42-43-44-46-48-50-52-54-56-62(67)64-60(59-72-73(69,70)71-58-57-65(3,4)5)63(68)61(66)55-53-51-49-47-45-19-17-15-13-11-9-7-2/h7,9,15,17-18,20,22-23,47,49,60-61,63,66,68H,6,8,10-14,16,19,21,24-46,48,50-59H2,1-5H3,(H-,64,67,69,70)/b9-7+,17-15+,20-18-,23-22-,49-47+. The minimum Gasteiger partial charge on any atom is -0.756 e. The summed E-state index contributed by atoms with van der Waals surface area (Å²) in [6.45, 7) is 4.20. The average molecular weight is 1050 g/mol. The number of likely N-dealkylation sites (N-methyl/N-ethyl adjacent to an activating group) is 1. The van der Waals surface area contributed by atoms with Gasteiger partial charge in [-0.1, -0.05) is 241 Å². The van der Waals surface area contributed by atoms with Crippen LogP contribution in [0.3, 0.4) is 0 Å². The number of phosphoric acid groups is 1. The van der Waals surface area contributed by atoms with Crippen LogP contribution in [0.15, 0.2) is 60.8 Å². The van der Waals surface area contributed by atoms with Crippen LogP contribution < -0.4 is 10.2 Å². The number of hydrogen-bond donors (Lipinski definition) is 3. The average Bonchev–Trinajstić information content (AvgIpc) is 3.35. The Bertz CT molecular complexity index is 1390. The van der Waals surface area contributed by atoms with E-state index < -0.39 is 32.7 Å². The molecule has 428 valence electrons. The van der Waals surface area contributed by atoms with Crippen LogP contribution in [-0.4, -0.2) is 79.8 Å². The zero-order valence-corrected chi connectivity index (χ0v) is 49.3. The summed E-state index contributed by atoms with van der Waals surface area (Å²) in [6.07, 6.45) is 69.1. The predicted octanol–water partition coefficient (Wildman–Crippen LogP) is 17.2. The van der Waals surface area contributed by atoms with E-state index in [1.807, 2.05) is 28.1 Å². The van der Waals surface area contributed by atoms with Gasteiger partial charge in [0, 0.05) is 6.42 Å². The third-order valence-corrected chi connectivity index (χ3v) is 14.8. The fourth-order valence-corrected chi connectivity index (χ4v) is 9.76. The summed E-state index contributed by atoms with van der Waals surface area (Å²) in [5, 5.41) is 24.7. The SMILES string of the molecule is C/C=C/CC/C=C/CC/C=C/CCCC(O)C(O)C(COP(=O)([O-])OCC[N+](C)(C)C)NC(=O)CCCCCCCCCCCCCCCCCCCCCCCCCCC/C=C\C/C=C\CCCCCCC. The van der Waals surface area contributed by atoms with Crippen LogP contribution in [0.5, 0.6) is 0 Å². The molecule has 0 aliphatic rings. The highest BCUT2D eigenvalue weighted by Crippen LogP contribution is 2.38. The fourth-order valence-electron chi connectivity index (χ4n) is 9.03. The lowest BCUT2D eigenvalue weighted by Crippen LogP contribution is -2.51. The van der Waals surface area contributed by atoms with Gasteiger partial charge in [0.05, 0.1) is 39.9 Å². The third kappa shape index (κ3) is 54.7. The number of nitrogens with one attached hydrogen (secondary N) is 1. The largest absolute Gasteiger partial charge is 0.756 e. The van der Waals surface area contributed by atoms with Crippen molar-refractivity contribution in [3.63, 3.8) is 0 Å². The lowest BCUT2D eigenvalue weighted by atomic mass is 10.0. The van der Waals surface area contributed by atoms with Crippen LogP contribution in [0.25, 0.3) is 0 Å². The Kier molecular flexibility index (Phi) is 52.2. The van der Waals surface area contributed by atoms with Crippen LogP contribution in [0.1, 0.15) is 277 Å². The maximum atomic E-state index is 13.0. The molecule has 4 atom stereocenters. The van der Waals surface area contributed by atoms with E-state index in [9.17, 15) is 24.5 Å². The first kappa shape index (κ1) is 71.2. The van der Waals surface area contributed by atoms with Crippen molar-refractivity contribution in [3.05, 3.63) is 60.8 Å². The third-order valence-electron chi connectivity index (χ3n) is 13.9. The normalized spacial score (nSPS) is 14.7. The number of allylic oxidation sites excluding steroid dienone is 10. The van der Waals surface area contributed by atoms with Crippen molar-refractivity contribution in [1.29, 1.82) is 0 Å². The summed E-state index contributed by atoms with van der Waals surface area (Å²) in [5.74, 6) is -0.292. The molecule has 4 unspecified atom stereocenters. The smallest absolute Gasteiger partial charge is 0.268 e. The van der Waals surface area contributed by atoms with E-state index in [1.54, 1.807) is 0 Å². The molecule has 0 fully saturated rings. The number of carbonyl (C=O) groups excluding carboxylic acids is 1. The Morgan fingerprint density at radius 1 is 0.521 bits per heavy atom. The molecule has 0 aliphatic heterocycles. The number of aliphatic hydroxyl groups is 2. The molecule has 0 saturated carbocycles. The summed E-state index contributed by atoms with van der Waals surface area (Å²) in [6, 6.07) is -1.10. The minimum absolute atomic E-state index is 0.0504. The molecule has 0 aromatic rings. The molecule has 0 saturated heterocycles. The molecule has 0 aliphatic carbocycles. The minimum atomic E-state index is -4.69. The molecule has 0 rings (SSSR count). The van der Waals surface area contributed by atoms with Crippen LogP contribution in [0.4, 0.5) is 0 Å². The Morgan fingerprint density at radius 2 is 0.890 bits per heavy atom. The van der Waals surface area contributed by atoms with Gasteiger partial charge in [-0.05, 0) is 90.4 Å². The molecule has 10 heteroatoms. The number of hydrogen-bond acceptors (Lipinski definition) is 7. The van der Waals surface area contributed by atoms with Crippen LogP contribution >= 0.6 is 7.82 Å². The molecule has 0 spiro atoms. The van der Waals surface area contributed by atoms with Crippen LogP contribution in [0.2, 0.25) is 0 Å². The number of unbranched alkanes of at least 4 members (excludes halogenated alkanes) is 33. The van der Waals surface area contributed by atoms with Gasteiger partial charge in [-0.2, -0.15) is 0 Å². The molecule has 9 nitrogen and oxygen atoms in total. The molecule has 3 N–H and O–H groups in total. The topological polar surface area (TPSA) is 128 Å². The van der Waals surface area contributed by atoms with E-state index in [4.69, 9.17) is 9.05 Å². The van der Waals surface area contributed by atoms with Gasteiger partial charge >= 0.3 is 0 Å². The fraction of sp³-hybridized carbons (Fsp3) is 0.825. The lowest BCUT2D eigenvalue weighted by Gasteiger charge is -2.31. The number of aliphatic hydroxyl groups excluding tert-OH is 2. The van der Waals surface area contributed by atoms with Gasteiger partial charge in [0.25, 0.3) is 7.82 Å². The van der Waals surface area contributed by atoms with Crippen LogP contribution in [-0.2, 0) is 18.4 Å². The second-order valence-corrected chi connectivity index (χ2v) is 23.6. The van der Waals surface area contributed by atoms with Gasteiger partial charge < -0.3 is 34.0 Å². The first-order valence-corrected chi connectivity index (χ1v) is 32.1. The molecular weight excluding hydrogens is 928 g/mol. The summed E-state index contributed by atoms with van der Waals surface area (Å²) < 4.78 is 23.2. The van der Waals surface area contributed by atoms with Crippen molar-refractivity contribution in [2.45, 2.75) is 295 Å².